The maximum atomic E-state index is 12.4. The number of carbonyl (C=O) groups is 1. The summed E-state index contributed by atoms with van der Waals surface area (Å²) in [6.45, 7) is 8.22. The third-order valence-corrected chi connectivity index (χ3v) is 5.91. The molecule has 0 radical (unpaired) electrons. The maximum Gasteiger partial charge on any atom is 0.224 e. The lowest BCUT2D eigenvalue weighted by molar-refractivity contribution is -0.163. The molecule has 1 saturated heterocycles. The van der Waals surface area contributed by atoms with E-state index in [4.69, 9.17) is 4.74 Å². The van der Waals surface area contributed by atoms with Gasteiger partial charge in [0.2, 0.25) is 5.91 Å². The number of nitrogens with one attached hydrogen (secondary N) is 1. The van der Waals surface area contributed by atoms with Crippen LogP contribution in [-0.2, 0) is 9.53 Å². The number of carbonyl (C=O) groups excluding carboxylic acids is 1. The molecule has 4 nitrogen and oxygen atoms in total. The highest BCUT2D eigenvalue weighted by atomic mass is 32.2. The van der Waals surface area contributed by atoms with Crippen LogP contribution in [0.4, 0.5) is 0 Å². The van der Waals surface area contributed by atoms with Gasteiger partial charge in [-0.05, 0) is 13.3 Å². The molecule has 20 heavy (non-hydrogen) atoms. The van der Waals surface area contributed by atoms with Crippen molar-refractivity contribution in [2.45, 2.75) is 51.8 Å². The largest absolute Gasteiger partial charge is 0.378 e. The molecule has 3 atom stereocenters. The fourth-order valence-corrected chi connectivity index (χ4v) is 4.23. The van der Waals surface area contributed by atoms with E-state index in [0.717, 1.165) is 31.1 Å². The van der Waals surface area contributed by atoms with Gasteiger partial charge >= 0.3 is 0 Å². The van der Waals surface area contributed by atoms with Crippen LogP contribution >= 0.6 is 11.8 Å². The van der Waals surface area contributed by atoms with Crippen LogP contribution in [0.1, 0.15) is 33.6 Å². The van der Waals surface area contributed by atoms with Crippen molar-refractivity contribution in [3.05, 3.63) is 0 Å². The van der Waals surface area contributed by atoms with Gasteiger partial charge in [-0.3, -0.25) is 4.79 Å². The first kappa shape index (κ1) is 16.1. The minimum atomic E-state index is 0.0646. The fraction of sp³-hybridized carbons (Fsp3) is 0.933. The molecule has 2 rings (SSSR count). The van der Waals surface area contributed by atoms with Crippen molar-refractivity contribution in [2.24, 2.45) is 5.41 Å². The lowest BCUT2D eigenvalue weighted by Gasteiger charge is -2.55. The van der Waals surface area contributed by atoms with Gasteiger partial charge in [0.05, 0.1) is 6.10 Å². The molecule has 1 aliphatic carbocycles. The number of hydrogen-bond acceptors (Lipinski definition) is 4. The Morgan fingerprint density at radius 1 is 1.50 bits per heavy atom. The number of ether oxygens (including phenoxy) is 1. The van der Waals surface area contributed by atoms with Crippen LogP contribution in [0.2, 0.25) is 0 Å². The van der Waals surface area contributed by atoms with Crippen LogP contribution in [0.3, 0.4) is 0 Å². The van der Waals surface area contributed by atoms with Gasteiger partial charge in [0.1, 0.15) is 0 Å². The van der Waals surface area contributed by atoms with Crippen LogP contribution in [0.25, 0.3) is 0 Å². The summed E-state index contributed by atoms with van der Waals surface area (Å²) in [5.41, 5.74) is 0.0646. The van der Waals surface area contributed by atoms with Crippen molar-refractivity contribution >= 4 is 17.7 Å². The highest BCUT2D eigenvalue weighted by molar-refractivity contribution is 7.99. The van der Waals surface area contributed by atoms with E-state index in [1.165, 1.54) is 0 Å². The quantitative estimate of drug-likeness (QED) is 0.840. The molecule has 0 aromatic rings. The minimum Gasteiger partial charge on any atom is -0.378 e. The first-order valence-corrected chi connectivity index (χ1v) is 8.80. The van der Waals surface area contributed by atoms with Crippen molar-refractivity contribution in [3.63, 3.8) is 0 Å². The molecule has 3 unspecified atom stereocenters. The Morgan fingerprint density at radius 3 is 2.80 bits per heavy atom. The van der Waals surface area contributed by atoms with Crippen molar-refractivity contribution in [2.75, 3.05) is 31.7 Å². The predicted octanol–water partition coefficient (Wildman–Crippen LogP) is 1.74. The molecule has 1 N–H and O–H groups in total. The highest BCUT2D eigenvalue weighted by Crippen LogP contribution is 2.45. The zero-order chi connectivity index (χ0) is 14.8. The number of hydrogen-bond donors (Lipinski definition) is 1. The summed E-state index contributed by atoms with van der Waals surface area (Å²) < 4.78 is 5.75. The normalized spacial score (nSPS) is 32.5. The first-order valence-electron chi connectivity index (χ1n) is 7.65. The summed E-state index contributed by atoms with van der Waals surface area (Å²) in [7, 11) is 1.95. The Kier molecular flexibility index (Phi) is 5.37. The third-order valence-electron chi connectivity index (χ3n) is 4.77. The van der Waals surface area contributed by atoms with Gasteiger partial charge in [-0.2, -0.15) is 11.8 Å². The SMILES string of the molecule is CCOC1CC(N(C)C(=O)CC2CSCCN2)C1(C)C. The highest BCUT2D eigenvalue weighted by Gasteiger charge is 2.51. The van der Waals surface area contributed by atoms with Crippen LogP contribution in [-0.4, -0.2) is 60.7 Å². The van der Waals surface area contributed by atoms with E-state index in [9.17, 15) is 4.79 Å². The third kappa shape index (κ3) is 3.31. The Morgan fingerprint density at radius 2 is 2.25 bits per heavy atom. The van der Waals surface area contributed by atoms with Crippen molar-refractivity contribution < 1.29 is 9.53 Å². The Bertz CT molecular complexity index is 343. The second kappa shape index (κ2) is 6.67. The molecular formula is C15H28N2O2S. The van der Waals surface area contributed by atoms with Gasteiger partial charge in [-0.25, -0.2) is 0 Å². The lowest BCUT2D eigenvalue weighted by Crippen LogP contribution is -2.62. The summed E-state index contributed by atoms with van der Waals surface area (Å²) in [6.07, 6.45) is 1.88. The Labute approximate surface area is 127 Å². The summed E-state index contributed by atoms with van der Waals surface area (Å²) in [5.74, 6) is 2.47. The van der Waals surface area contributed by atoms with E-state index in [0.29, 0.717) is 18.5 Å². The van der Waals surface area contributed by atoms with Crippen LogP contribution in [0, 0.1) is 5.41 Å². The molecule has 2 fully saturated rings. The average Bonchev–Trinajstić information content (AvgIpc) is 2.43. The molecule has 0 aromatic heterocycles. The molecule has 1 aliphatic heterocycles. The Balaban J connectivity index is 1.84. The van der Waals surface area contributed by atoms with E-state index in [-0.39, 0.29) is 17.4 Å². The molecule has 0 bridgehead atoms. The smallest absolute Gasteiger partial charge is 0.224 e. The molecule has 1 saturated carbocycles. The van der Waals surface area contributed by atoms with Crippen LogP contribution in [0.5, 0.6) is 0 Å². The molecule has 5 heteroatoms. The van der Waals surface area contributed by atoms with Crippen LogP contribution in [0.15, 0.2) is 0 Å². The van der Waals surface area contributed by atoms with E-state index in [1.54, 1.807) is 0 Å². The second-order valence-corrected chi connectivity index (χ2v) is 7.60. The molecule has 1 heterocycles. The summed E-state index contributed by atoms with van der Waals surface area (Å²) in [6, 6.07) is 0.650. The van der Waals surface area contributed by atoms with Gasteiger partial charge in [0, 0.05) is 55.6 Å². The van der Waals surface area contributed by atoms with Gasteiger partial charge in [-0.1, -0.05) is 13.8 Å². The number of nitrogens with zero attached hydrogens (tertiary/aromatic N) is 1. The molecule has 116 valence electrons. The van der Waals surface area contributed by atoms with Crippen molar-refractivity contribution in [3.8, 4) is 0 Å². The minimum absolute atomic E-state index is 0.0646. The topological polar surface area (TPSA) is 41.6 Å². The van der Waals surface area contributed by atoms with Gasteiger partial charge in [0.15, 0.2) is 0 Å². The van der Waals surface area contributed by atoms with Gasteiger partial charge < -0.3 is 15.0 Å². The lowest BCUT2D eigenvalue weighted by atomic mass is 9.63. The Hall–Kier alpha value is -0.260. The number of thioether (sulfide) groups is 1. The number of rotatable bonds is 5. The number of amides is 1. The van der Waals surface area contributed by atoms with Gasteiger partial charge in [0.25, 0.3) is 0 Å². The fourth-order valence-electron chi connectivity index (χ4n) is 3.28. The van der Waals surface area contributed by atoms with E-state index in [1.807, 2.05) is 30.6 Å². The second-order valence-electron chi connectivity index (χ2n) is 6.45. The summed E-state index contributed by atoms with van der Waals surface area (Å²) >= 11 is 1.94. The summed E-state index contributed by atoms with van der Waals surface area (Å²) in [5, 5.41) is 3.44. The van der Waals surface area contributed by atoms with E-state index in [2.05, 4.69) is 19.2 Å². The molecule has 0 aromatic carbocycles. The predicted molar refractivity (Wildman–Crippen MR) is 84.1 cm³/mol. The first-order chi connectivity index (χ1) is 9.46. The standard InChI is InChI=1S/C15H28N2O2S/c1-5-19-13-9-12(15(13,2)3)17(4)14(18)8-11-10-20-7-6-16-11/h11-13,16H,5-10H2,1-4H3. The molecule has 2 aliphatic rings. The zero-order valence-corrected chi connectivity index (χ0v) is 14.0. The average molecular weight is 300 g/mol. The van der Waals surface area contributed by atoms with Crippen LogP contribution < -0.4 is 5.32 Å². The van der Waals surface area contributed by atoms with Crippen molar-refractivity contribution in [1.82, 2.24) is 10.2 Å². The molecular weight excluding hydrogens is 272 g/mol. The maximum absolute atomic E-state index is 12.4. The zero-order valence-electron chi connectivity index (χ0n) is 13.1. The monoisotopic (exact) mass is 300 g/mol. The van der Waals surface area contributed by atoms with E-state index < -0.39 is 0 Å². The molecule has 0 spiro atoms. The summed E-state index contributed by atoms with van der Waals surface area (Å²) in [4.78, 5) is 14.4. The van der Waals surface area contributed by atoms with Crippen molar-refractivity contribution in [1.29, 1.82) is 0 Å². The van der Waals surface area contributed by atoms with Gasteiger partial charge in [-0.15, -0.1) is 0 Å². The molecule has 1 amide bonds. The van der Waals surface area contributed by atoms with E-state index >= 15 is 0 Å².